The number of aromatic nitrogens is 2. The molecule has 1 aliphatic rings. The van der Waals surface area contributed by atoms with Crippen LogP contribution < -0.4 is 10.5 Å². The molecule has 4 nitrogen and oxygen atoms in total. The van der Waals surface area contributed by atoms with E-state index >= 15 is 4.39 Å². The van der Waals surface area contributed by atoms with Gasteiger partial charge in [-0.25, -0.2) is 9.37 Å². The fraction of sp³-hybridized carbons (Fsp3) is 0.273. The fourth-order valence-corrected chi connectivity index (χ4v) is 3.68. The third-order valence-electron chi connectivity index (χ3n) is 5.10. The lowest BCUT2D eigenvalue weighted by molar-refractivity contribution is 0.285. The molecule has 0 aliphatic heterocycles. The predicted molar refractivity (Wildman–Crippen MR) is 104 cm³/mol. The maximum Gasteiger partial charge on any atom is 0.174 e. The van der Waals surface area contributed by atoms with Crippen LogP contribution in [0.4, 0.5) is 10.2 Å². The average Bonchev–Trinajstić information content (AvgIpc) is 3.23. The van der Waals surface area contributed by atoms with Crippen molar-refractivity contribution in [1.29, 1.82) is 0 Å². The minimum atomic E-state index is -0.380. The molecule has 27 heavy (non-hydrogen) atoms. The van der Waals surface area contributed by atoms with Gasteiger partial charge in [-0.1, -0.05) is 49.2 Å². The minimum absolute atomic E-state index is 0.308. The number of ether oxygens (including phenoxy) is 1. The molecule has 4 rings (SSSR count). The maximum absolute atomic E-state index is 15.5. The summed E-state index contributed by atoms with van der Waals surface area (Å²) in [6.07, 6.45) is 7.42. The van der Waals surface area contributed by atoms with Gasteiger partial charge in [-0.15, -0.1) is 0 Å². The molecule has 138 valence electrons. The van der Waals surface area contributed by atoms with Gasteiger partial charge in [0, 0.05) is 11.1 Å². The number of nitrogens with zero attached hydrogens (tertiary/aromatic N) is 2. The highest BCUT2D eigenvalue weighted by Crippen LogP contribution is 2.42. The van der Waals surface area contributed by atoms with Gasteiger partial charge >= 0.3 is 0 Å². The lowest BCUT2D eigenvalue weighted by atomic mass is 9.94. The summed E-state index contributed by atoms with van der Waals surface area (Å²) in [5, 5.41) is 0. The summed E-state index contributed by atoms with van der Waals surface area (Å²) < 4.78 is 21.5. The Hall–Kier alpha value is -2.95. The van der Waals surface area contributed by atoms with Crippen molar-refractivity contribution in [3.05, 3.63) is 71.8 Å². The molecule has 3 aromatic rings. The van der Waals surface area contributed by atoms with Crippen molar-refractivity contribution in [3.63, 3.8) is 0 Å². The van der Waals surface area contributed by atoms with Crippen molar-refractivity contribution >= 4 is 5.82 Å². The zero-order valence-electron chi connectivity index (χ0n) is 15.1. The highest BCUT2D eigenvalue weighted by atomic mass is 19.1. The smallest absolute Gasteiger partial charge is 0.174 e. The maximum atomic E-state index is 15.5. The molecule has 2 N–H and O–H groups in total. The number of nitrogen functional groups attached to an aromatic ring is 1. The van der Waals surface area contributed by atoms with Crippen molar-refractivity contribution in [2.24, 2.45) is 0 Å². The predicted octanol–water partition coefficient (Wildman–Crippen LogP) is 5.10. The number of halogens is 1. The Kier molecular flexibility index (Phi) is 5.01. The van der Waals surface area contributed by atoms with Crippen LogP contribution in [-0.4, -0.2) is 9.97 Å². The number of rotatable bonds is 5. The Labute approximate surface area is 158 Å². The first-order valence-corrected chi connectivity index (χ1v) is 9.29. The third kappa shape index (κ3) is 3.77. The third-order valence-corrected chi connectivity index (χ3v) is 5.10. The zero-order valence-corrected chi connectivity index (χ0v) is 15.1. The van der Waals surface area contributed by atoms with Crippen LogP contribution in [0.25, 0.3) is 11.3 Å². The van der Waals surface area contributed by atoms with Gasteiger partial charge in [0.1, 0.15) is 12.4 Å². The molecular weight excluding hydrogens is 341 g/mol. The largest absolute Gasteiger partial charge is 0.486 e. The molecule has 0 amide bonds. The standard InChI is InChI=1S/C22H22FN3O/c23-21-18(19-12-26-20(24)13-25-19)11-10-17(16-8-4-5-9-16)22(21)27-14-15-6-2-1-3-7-15/h1-3,6-7,10-13,16H,4-5,8-9,14H2,(H2,24,26). The summed E-state index contributed by atoms with van der Waals surface area (Å²) >= 11 is 0. The van der Waals surface area contributed by atoms with Crippen molar-refractivity contribution in [2.75, 3.05) is 5.73 Å². The monoisotopic (exact) mass is 363 g/mol. The summed E-state index contributed by atoms with van der Waals surface area (Å²) in [4.78, 5) is 8.24. The van der Waals surface area contributed by atoms with Crippen LogP contribution in [0.5, 0.6) is 5.75 Å². The Morgan fingerprint density at radius 2 is 1.78 bits per heavy atom. The topological polar surface area (TPSA) is 61.0 Å². The van der Waals surface area contributed by atoms with Crippen LogP contribution in [0.2, 0.25) is 0 Å². The molecule has 0 unspecified atom stereocenters. The number of nitrogens with two attached hydrogens (primary N) is 1. The molecule has 0 spiro atoms. The number of hydrogen-bond acceptors (Lipinski definition) is 4. The first-order chi connectivity index (χ1) is 13.2. The van der Waals surface area contributed by atoms with Crippen LogP contribution in [0.3, 0.4) is 0 Å². The number of hydrogen-bond donors (Lipinski definition) is 1. The molecule has 1 fully saturated rings. The van der Waals surface area contributed by atoms with Crippen LogP contribution in [0.15, 0.2) is 54.9 Å². The van der Waals surface area contributed by atoms with E-state index in [1.54, 1.807) is 6.07 Å². The van der Waals surface area contributed by atoms with E-state index in [9.17, 15) is 0 Å². The lowest BCUT2D eigenvalue weighted by Crippen LogP contribution is -2.05. The first-order valence-electron chi connectivity index (χ1n) is 9.29. The van der Waals surface area contributed by atoms with E-state index in [4.69, 9.17) is 10.5 Å². The van der Waals surface area contributed by atoms with Crippen molar-refractivity contribution < 1.29 is 9.13 Å². The number of benzene rings is 2. The molecule has 5 heteroatoms. The van der Waals surface area contributed by atoms with E-state index in [1.165, 1.54) is 25.2 Å². The quantitative estimate of drug-likeness (QED) is 0.685. The van der Waals surface area contributed by atoms with E-state index in [2.05, 4.69) is 9.97 Å². The van der Waals surface area contributed by atoms with Crippen LogP contribution in [0.1, 0.15) is 42.7 Å². The van der Waals surface area contributed by atoms with E-state index in [0.29, 0.717) is 35.3 Å². The van der Waals surface area contributed by atoms with Gasteiger partial charge in [-0.05, 0) is 30.4 Å². The Morgan fingerprint density at radius 3 is 2.48 bits per heavy atom. The second kappa shape index (κ2) is 7.74. The normalized spacial score (nSPS) is 14.4. The minimum Gasteiger partial charge on any atom is -0.486 e. The first kappa shape index (κ1) is 17.5. The molecule has 2 aromatic carbocycles. The second-order valence-electron chi connectivity index (χ2n) is 6.93. The molecular formula is C22H22FN3O. The number of anilines is 1. The van der Waals surface area contributed by atoms with E-state index in [-0.39, 0.29) is 5.82 Å². The zero-order chi connectivity index (χ0) is 18.6. The van der Waals surface area contributed by atoms with Gasteiger partial charge < -0.3 is 10.5 Å². The SMILES string of the molecule is Nc1cnc(-c2ccc(C3CCCC3)c(OCc3ccccc3)c2F)cn1. The van der Waals surface area contributed by atoms with Gasteiger partial charge in [0.25, 0.3) is 0 Å². The van der Waals surface area contributed by atoms with Gasteiger partial charge in [-0.3, -0.25) is 4.98 Å². The fourth-order valence-electron chi connectivity index (χ4n) is 3.68. The molecule has 0 saturated heterocycles. The van der Waals surface area contributed by atoms with Gasteiger partial charge in [0.15, 0.2) is 11.6 Å². The summed E-state index contributed by atoms with van der Waals surface area (Å²) in [6, 6.07) is 13.6. The summed E-state index contributed by atoms with van der Waals surface area (Å²) in [5.74, 6) is 0.607. The Bertz CT molecular complexity index is 907. The molecule has 0 bridgehead atoms. The lowest BCUT2D eigenvalue weighted by Gasteiger charge is -2.19. The van der Waals surface area contributed by atoms with Crippen molar-refractivity contribution in [1.82, 2.24) is 9.97 Å². The highest BCUT2D eigenvalue weighted by Gasteiger charge is 2.25. The van der Waals surface area contributed by atoms with Crippen LogP contribution in [0, 0.1) is 5.82 Å². The van der Waals surface area contributed by atoms with Crippen molar-refractivity contribution in [3.8, 4) is 17.0 Å². The van der Waals surface area contributed by atoms with Crippen molar-refractivity contribution in [2.45, 2.75) is 38.2 Å². The van der Waals surface area contributed by atoms with Gasteiger partial charge in [0.05, 0.1) is 18.1 Å². The molecule has 1 saturated carbocycles. The van der Waals surface area contributed by atoms with E-state index < -0.39 is 0 Å². The summed E-state index contributed by atoms with van der Waals surface area (Å²) in [5.41, 5.74) is 8.39. The van der Waals surface area contributed by atoms with Gasteiger partial charge in [0.2, 0.25) is 0 Å². The van der Waals surface area contributed by atoms with Gasteiger partial charge in [-0.2, -0.15) is 0 Å². The van der Waals surface area contributed by atoms with Crippen LogP contribution in [-0.2, 0) is 6.61 Å². The van der Waals surface area contributed by atoms with E-state index in [0.717, 1.165) is 24.0 Å². The summed E-state index contributed by atoms with van der Waals surface area (Å²) in [6.45, 7) is 0.328. The Morgan fingerprint density at radius 1 is 1.00 bits per heavy atom. The van der Waals surface area contributed by atoms with Crippen LogP contribution >= 0.6 is 0 Å². The highest BCUT2D eigenvalue weighted by molar-refractivity contribution is 5.64. The molecule has 1 heterocycles. The second-order valence-corrected chi connectivity index (χ2v) is 6.93. The molecule has 1 aliphatic carbocycles. The molecule has 1 aromatic heterocycles. The average molecular weight is 363 g/mol. The summed E-state index contributed by atoms with van der Waals surface area (Å²) in [7, 11) is 0. The Balaban J connectivity index is 1.71. The van der Waals surface area contributed by atoms with E-state index in [1.807, 2.05) is 36.4 Å². The molecule has 0 atom stereocenters. The molecule has 0 radical (unpaired) electrons.